The molecule has 0 aliphatic carbocycles. The van der Waals surface area contributed by atoms with Crippen LogP contribution in [0.25, 0.3) is 11.1 Å². The van der Waals surface area contributed by atoms with Crippen LogP contribution < -0.4 is 14.2 Å². The number of benzene rings is 3. The Morgan fingerprint density at radius 2 is 1.53 bits per heavy atom. The highest BCUT2D eigenvalue weighted by Crippen LogP contribution is 2.47. The molecule has 2 aliphatic rings. The number of hydrogen-bond acceptors (Lipinski definition) is 6. The first-order valence-corrected chi connectivity index (χ1v) is 12.5. The van der Waals surface area contributed by atoms with E-state index in [1.807, 2.05) is 31.2 Å². The molecule has 2 aliphatic heterocycles. The fourth-order valence-corrected chi connectivity index (χ4v) is 4.50. The van der Waals surface area contributed by atoms with Gasteiger partial charge in [-0.05, 0) is 63.3 Å². The van der Waals surface area contributed by atoms with Crippen LogP contribution in [-0.4, -0.2) is 54.1 Å². The first kappa shape index (κ1) is 25.5. The van der Waals surface area contributed by atoms with E-state index < -0.39 is 0 Å². The van der Waals surface area contributed by atoms with E-state index in [0.29, 0.717) is 18.1 Å². The van der Waals surface area contributed by atoms with E-state index in [9.17, 15) is 10.2 Å². The molecule has 5 rings (SSSR count). The lowest BCUT2D eigenvalue weighted by atomic mass is 9.87. The van der Waals surface area contributed by atoms with Crippen molar-refractivity contribution in [2.24, 2.45) is 0 Å². The molecule has 0 aromatic heterocycles. The van der Waals surface area contributed by atoms with Crippen LogP contribution in [0.1, 0.15) is 37.5 Å². The van der Waals surface area contributed by atoms with Crippen LogP contribution in [-0.2, 0) is 0 Å². The molecule has 2 N–H and O–H groups in total. The maximum Gasteiger partial charge on any atom is 0.131 e. The molecule has 0 saturated carbocycles. The van der Waals surface area contributed by atoms with Gasteiger partial charge in [0.2, 0.25) is 0 Å². The Kier molecular flexibility index (Phi) is 8.06. The first-order chi connectivity index (χ1) is 17.4. The molecule has 2 heterocycles. The number of phenols is 2. The Bertz CT molecular complexity index is 1210. The predicted molar refractivity (Wildman–Crippen MR) is 143 cm³/mol. The molecule has 3 aromatic carbocycles. The zero-order chi connectivity index (χ0) is 25.7. The monoisotopic (exact) mass is 489 g/mol. The summed E-state index contributed by atoms with van der Waals surface area (Å²) in [6.07, 6.45) is -0.138. The molecule has 0 spiro atoms. The van der Waals surface area contributed by atoms with Crippen LogP contribution in [0.15, 0.2) is 60.7 Å². The Morgan fingerprint density at radius 3 is 2.19 bits per heavy atom. The van der Waals surface area contributed by atoms with Crippen LogP contribution in [0, 0.1) is 6.92 Å². The Morgan fingerprint density at radius 1 is 0.889 bits per heavy atom. The summed E-state index contributed by atoms with van der Waals surface area (Å²) < 4.78 is 17.4. The van der Waals surface area contributed by atoms with E-state index >= 15 is 0 Å². The highest BCUT2D eigenvalue weighted by molar-refractivity contribution is 5.99. The lowest BCUT2D eigenvalue weighted by Gasteiger charge is -2.33. The number of aromatic hydroxyl groups is 2. The van der Waals surface area contributed by atoms with E-state index in [2.05, 4.69) is 37.8 Å². The second-order valence-electron chi connectivity index (χ2n) is 8.99. The van der Waals surface area contributed by atoms with Crippen molar-refractivity contribution in [1.82, 2.24) is 4.90 Å². The van der Waals surface area contributed by atoms with Gasteiger partial charge in [0.25, 0.3) is 0 Å². The van der Waals surface area contributed by atoms with Gasteiger partial charge in [-0.3, -0.25) is 0 Å². The average molecular weight is 490 g/mol. The standard InChI is InChI=1S/C17H14O4.C13H21NO/c1-9-17-13-5-3-10(18)6-15(13)20-8-14(17)12-4-2-11(19)7-16(12)21-9;1-4-14(5-2)10-11-15-13-8-6-12(3)7-9-13/h2-7,9,18-19H,8H2,1H3;6-9H,4-5,10-11H2,1-3H3. The van der Waals surface area contributed by atoms with E-state index in [4.69, 9.17) is 14.2 Å². The van der Waals surface area contributed by atoms with E-state index in [-0.39, 0.29) is 17.6 Å². The van der Waals surface area contributed by atoms with E-state index in [0.717, 1.165) is 54.3 Å². The third-order valence-electron chi connectivity index (χ3n) is 6.54. The van der Waals surface area contributed by atoms with Crippen LogP contribution >= 0.6 is 0 Å². The number of aryl methyl sites for hydroxylation is 1. The van der Waals surface area contributed by atoms with Crippen molar-refractivity contribution in [2.45, 2.75) is 33.8 Å². The maximum atomic E-state index is 9.60. The summed E-state index contributed by atoms with van der Waals surface area (Å²) in [6, 6.07) is 18.5. The third kappa shape index (κ3) is 5.77. The van der Waals surface area contributed by atoms with Gasteiger partial charge in [0.05, 0.1) is 0 Å². The summed E-state index contributed by atoms with van der Waals surface area (Å²) in [6.45, 7) is 12.8. The minimum absolute atomic E-state index is 0.138. The molecule has 1 atom stereocenters. The highest BCUT2D eigenvalue weighted by Gasteiger charge is 2.32. The number of phenolic OH excluding ortho intramolecular Hbond substituents is 2. The zero-order valence-electron chi connectivity index (χ0n) is 21.5. The molecule has 3 aromatic rings. The number of fused-ring (bicyclic) bond motifs is 4. The molecular weight excluding hydrogens is 454 g/mol. The van der Waals surface area contributed by atoms with Crippen LogP contribution in [0.3, 0.4) is 0 Å². The Balaban J connectivity index is 0.000000181. The lowest BCUT2D eigenvalue weighted by molar-refractivity contribution is 0.223. The molecule has 1 unspecified atom stereocenters. The van der Waals surface area contributed by atoms with Crippen LogP contribution in [0.4, 0.5) is 0 Å². The molecule has 190 valence electrons. The van der Waals surface area contributed by atoms with Gasteiger partial charge in [0.1, 0.15) is 48.1 Å². The normalized spacial score (nSPS) is 15.5. The molecule has 0 saturated heterocycles. The fraction of sp³-hybridized carbons (Fsp3) is 0.333. The van der Waals surface area contributed by atoms with Crippen molar-refractivity contribution in [2.75, 3.05) is 32.8 Å². The van der Waals surface area contributed by atoms with Crippen molar-refractivity contribution in [3.8, 4) is 28.7 Å². The minimum Gasteiger partial charge on any atom is -0.508 e. The summed E-state index contributed by atoms with van der Waals surface area (Å²) in [7, 11) is 0. The molecule has 0 bridgehead atoms. The smallest absolute Gasteiger partial charge is 0.131 e. The predicted octanol–water partition coefficient (Wildman–Crippen LogP) is 5.90. The molecule has 6 nitrogen and oxygen atoms in total. The SMILES string of the molecule is CC1Oc2cc(O)ccc2C2=C1c1ccc(O)cc1OC2.CCN(CC)CCOc1ccc(C)cc1. The van der Waals surface area contributed by atoms with Crippen LogP contribution in [0.2, 0.25) is 0 Å². The second-order valence-corrected chi connectivity index (χ2v) is 8.99. The lowest BCUT2D eigenvalue weighted by Crippen LogP contribution is -2.27. The fourth-order valence-electron chi connectivity index (χ4n) is 4.50. The van der Waals surface area contributed by atoms with Crippen molar-refractivity contribution in [3.05, 3.63) is 77.4 Å². The number of nitrogens with zero attached hydrogens (tertiary/aromatic N) is 1. The summed E-state index contributed by atoms with van der Waals surface area (Å²) >= 11 is 0. The molecule has 0 radical (unpaired) electrons. The van der Waals surface area contributed by atoms with Crippen molar-refractivity contribution >= 4 is 11.1 Å². The molecule has 6 heteroatoms. The van der Waals surface area contributed by atoms with Gasteiger partial charge in [-0.15, -0.1) is 0 Å². The highest BCUT2D eigenvalue weighted by atomic mass is 16.5. The molecule has 36 heavy (non-hydrogen) atoms. The van der Waals surface area contributed by atoms with Gasteiger partial charge in [0.15, 0.2) is 0 Å². The number of hydrogen-bond donors (Lipinski definition) is 2. The van der Waals surface area contributed by atoms with E-state index in [1.54, 1.807) is 24.3 Å². The van der Waals surface area contributed by atoms with Gasteiger partial charge in [-0.2, -0.15) is 0 Å². The molecule has 0 fully saturated rings. The zero-order valence-corrected chi connectivity index (χ0v) is 21.5. The quantitative estimate of drug-likeness (QED) is 0.449. The van der Waals surface area contributed by atoms with Gasteiger partial charge < -0.3 is 29.3 Å². The minimum atomic E-state index is -0.138. The number of rotatable bonds is 6. The van der Waals surface area contributed by atoms with Crippen molar-refractivity contribution in [1.29, 1.82) is 0 Å². The summed E-state index contributed by atoms with van der Waals surface area (Å²) in [5.41, 5.74) is 5.31. The van der Waals surface area contributed by atoms with Crippen LogP contribution in [0.5, 0.6) is 28.7 Å². The number of ether oxygens (including phenoxy) is 3. The summed E-state index contributed by atoms with van der Waals surface area (Å²) in [4.78, 5) is 2.36. The largest absolute Gasteiger partial charge is 0.508 e. The van der Waals surface area contributed by atoms with Gasteiger partial charge in [-0.25, -0.2) is 0 Å². The third-order valence-corrected chi connectivity index (χ3v) is 6.54. The maximum absolute atomic E-state index is 9.60. The molecular formula is C30H35NO5. The second kappa shape index (κ2) is 11.4. The van der Waals surface area contributed by atoms with E-state index in [1.165, 1.54) is 5.56 Å². The molecule has 0 amide bonds. The van der Waals surface area contributed by atoms with Gasteiger partial charge >= 0.3 is 0 Å². The Labute approximate surface area is 213 Å². The first-order valence-electron chi connectivity index (χ1n) is 12.5. The van der Waals surface area contributed by atoms with Gasteiger partial charge in [0, 0.05) is 41.0 Å². The summed E-state index contributed by atoms with van der Waals surface area (Å²) in [5, 5.41) is 19.2. The topological polar surface area (TPSA) is 71.4 Å². The Hall–Kier alpha value is -3.64. The average Bonchev–Trinajstić information content (AvgIpc) is 2.87. The number of likely N-dealkylation sites (N-methyl/N-ethyl adjacent to an activating group) is 1. The summed E-state index contributed by atoms with van der Waals surface area (Å²) in [5.74, 6) is 2.69. The van der Waals surface area contributed by atoms with Gasteiger partial charge in [-0.1, -0.05) is 31.5 Å². The van der Waals surface area contributed by atoms with Crippen molar-refractivity contribution in [3.63, 3.8) is 0 Å². The van der Waals surface area contributed by atoms with Crippen molar-refractivity contribution < 1.29 is 24.4 Å².